The summed E-state index contributed by atoms with van der Waals surface area (Å²) in [5.74, 6) is -0.195. The van der Waals surface area contributed by atoms with Crippen LogP contribution in [-0.2, 0) is 29.5 Å². The van der Waals surface area contributed by atoms with Gasteiger partial charge in [0.2, 0.25) is 0 Å². The molecule has 0 fully saturated rings. The molecule has 0 bridgehead atoms. The monoisotopic (exact) mass is 645 g/mol. The van der Waals surface area contributed by atoms with Gasteiger partial charge in [-0.05, 0) is 85.3 Å². The maximum atomic E-state index is 13.2. The first-order valence-electron chi connectivity index (χ1n) is 14.9. The fraction of sp³-hybridized carbons (Fsp3) is 0.257. The summed E-state index contributed by atoms with van der Waals surface area (Å²) < 4.78 is 33.9. The van der Waals surface area contributed by atoms with Crippen LogP contribution in [0.2, 0.25) is 0 Å². The van der Waals surface area contributed by atoms with E-state index in [0.29, 0.717) is 38.0 Å². The Hall–Kier alpha value is -5.03. The Morgan fingerprint density at radius 1 is 0.804 bits per heavy atom. The number of methoxy groups -OCH3 is 1. The van der Waals surface area contributed by atoms with Gasteiger partial charge in [0.05, 0.1) is 19.1 Å². The first kappa shape index (κ1) is 33.9. The van der Waals surface area contributed by atoms with Crippen LogP contribution in [-0.4, -0.2) is 51.3 Å². The maximum Gasteiger partial charge on any atom is 0.306 e. The number of aryl methyl sites for hydroxylation is 1. The second kappa shape index (κ2) is 15.8. The van der Waals surface area contributed by atoms with Crippen molar-refractivity contribution in [3.8, 4) is 17.2 Å². The highest BCUT2D eigenvalue weighted by Crippen LogP contribution is 2.26. The fourth-order valence-corrected chi connectivity index (χ4v) is 5.22. The second-order valence-electron chi connectivity index (χ2n) is 11.0. The summed E-state index contributed by atoms with van der Waals surface area (Å²) in [6.07, 6.45) is 2.64. The molecule has 4 aromatic rings. The molecule has 0 aromatic heterocycles. The molecule has 242 valence electrons. The zero-order valence-corrected chi connectivity index (χ0v) is 26.9. The van der Waals surface area contributed by atoms with Gasteiger partial charge in [0.25, 0.3) is 11.8 Å². The van der Waals surface area contributed by atoms with Gasteiger partial charge in [-0.15, -0.1) is 0 Å². The van der Waals surface area contributed by atoms with E-state index in [1.807, 2.05) is 73.7 Å². The van der Waals surface area contributed by atoms with Gasteiger partial charge >= 0.3 is 10.1 Å². The number of hydrogen-bond donors (Lipinski definition) is 4. The van der Waals surface area contributed by atoms with Crippen molar-refractivity contribution in [2.24, 2.45) is 0 Å². The molecule has 10 nitrogen and oxygen atoms in total. The van der Waals surface area contributed by atoms with Crippen molar-refractivity contribution in [1.82, 2.24) is 10.6 Å². The van der Waals surface area contributed by atoms with Gasteiger partial charge in [-0.3, -0.25) is 9.59 Å². The molecule has 0 unspecified atom stereocenters. The lowest BCUT2D eigenvalue weighted by Gasteiger charge is -2.16. The lowest BCUT2D eigenvalue weighted by molar-refractivity contribution is 0.0938. The van der Waals surface area contributed by atoms with Crippen molar-refractivity contribution < 1.29 is 32.0 Å². The van der Waals surface area contributed by atoms with Crippen molar-refractivity contribution in [2.75, 3.05) is 25.2 Å². The number of phenolic OH excluding ortho intramolecular Hbond substituents is 1. The Morgan fingerprint density at radius 2 is 1.52 bits per heavy atom. The molecule has 0 aliphatic heterocycles. The molecule has 11 heteroatoms. The smallest absolute Gasteiger partial charge is 0.306 e. The number of carbonyl (C=O) groups excluding carboxylic acids is 2. The number of ether oxygens (including phenoxy) is 1. The van der Waals surface area contributed by atoms with Gasteiger partial charge in [0.15, 0.2) is 0 Å². The third kappa shape index (κ3) is 10.6. The molecule has 4 N–H and O–H groups in total. The summed E-state index contributed by atoms with van der Waals surface area (Å²) in [5.41, 5.74) is 3.75. The number of rotatable bonds is 15. The molecule has 0 aliphatic carbocycles. The molecular weight excluding hydrogens is 606 g/mol. The van der Waals surface area contributed by atoms with Crippen LogP contribution in [0.5, 0.6) is 17.2 Å². The number of hydrogen-bond acceptors (Lipinski definition) is 8. The van der Waals surface area contributed by atoms with Crippen LogP contribution in [0.4, 0.5) is 5.69 Å². The zero-order chi connectivity index (χ0) is 33.1. The largest absolute Gasteiger partial charge is 0.506 e. The van der Waals surface area contributed by atoms with E-state index in [9.17, 15) is 23.1 Å². The average Bonchev–Trinajstić information content (AvgIpc) is 3.03. The first-order valence-corrected chi connectivity index (χ1v) is 16.7. The number of anilines is 1. The number of phenols is 1. The van der Waals surface area contributed by atoms with E-state index in [4.69, 9.17) is 8.92 Å². The van der Waals surface area contributed by atoms with Crippen LogP contribution in [0, 0.1) is 0 Å². The Bertz CT molecular complexity index is 1760. The third-order valence-electron chi connectivity index (χ3n) is 7.14. The molecule has 0 saturated heterocycles. The summed E-state index contributed by atoms with van der Waals surface area (Å²) in [7, 11) is -2.28. The minimum Gasteiger partial charge on any atom is -0.506 e. The number of nitrogens with one attached hydrogen (secondary N) is 3. The first-order chi connectivity index (χ1) is 22.0. The van der Waals surface area contributed by atoms with E-state index in [2.05, 4.69) is 16.0 Å². The highest BCUT2D eigenvalue weighted by Gasteiger charge is 2.18. The molecule has 46 heavy (non-hydrogen) atoms. The van der Waals surface area contributed by atoms with Gasteiger partial charge in [-0.2, -0.15) is 8.42 Å². The van der Waals surface area contributed by atoms with Gasteiger partial charge < -0.3 is 30.0 Å². The normalized spacial score (nSPS) is 11.7. The molecule has 0 radical (unpaired) electrons. The molecule has 0 spiro atoms. The fourth-order valence-electron chi connectivity index (χ4n) is 4.78. The van der Waals surface area contributed by atoms with Crippen molar-refractivity contribution in [3.63, 3.8) is 0 Å². The molecule has 0 heterocycles. The second-order valence-corrected chi connectivity index (χ2v) is 12.6. The number of benzene rings is 4. The lowest BCUT2D eigenvalue weighted by atomic mass is 10.0. The van der Waals surface area contributed by atoms with Gasteiger partial charge in [0.1, 0.15) is 17.2 Å². The summed E-state index contributed by atoms with van der Waals surface area (Å²) in [6.45, 7) is 2.71. The standard InChI is InChI=1S/C35H39N3O7S/c1-24(12-13-26-14-15-32(33(39)19-26)37-23-27-10-7-11-30(18-27)44-2)38-35(41)29-20-28(21-31(22-29)45-46(3,42)43)34(40)36-17-16-25-8-5-4-6-9-25/h4-11,14-15,18-22,24,37,39H,12-13,16-17,23H2,1-3H3,(H,36,40)(H,38,41)/t24-/m0/s1. The summed E-state index contributed by atoms with van der Waals surface area (Å²) in [6, 6.07) is 26.4. The predicted molar refractivity (Wildman–Crippen MR) is 178 cm³/mol. The van der Waals surface area contributed by atoms with Crippen LogP contribution in [0.1, 0.15) is 50.8 Å². The molecule has 0 saturated carbocycles. The van der Waals surface area contributed by atoms with Crippen molar-refractivity contribution in [1.29, 1.82) is 0 Å². The minimum absolute atomic E-state index is 0.0883. The van der Waals surface area contributed by atoms with Crippen LogP contribution in [0.15, 0.2) is 91.0 Å². The van der Waals surface area contributed by atoms with E-state index in [1.165, 1.54) is 18.2 Å². The highest BCUT2D eigenvalue weighted by molar-refractivity contribution is 7.86. The molecule has 2 amide bonds. The van der Waals surface area contributed by atoms with E-state index in [0.717, 1.165) is 28.7 Å². The number of amides is 2. The maximum absolute atomic E-state index is 13.2. The van der Waals surface area contributed by atoms with Crippen LogP contribution in [0.25, 0.3) is 0 Å². The van der Waals surface area contributed by atoms with E-state index >= 15 is 0 Å². The van der Waals surface area contributed by atoms with Gasteiger partial charge in [0, 0.05) is 30.3 Å². The Kier molecular flexibility index (Phi) is 11.6. The summed E-state index contributed by atoms with van der Waals surface area (Å²) in [4.78, 5) is 26.1. The third-order valence-corrected chi connectivity index (χ3v) is 7.64. The Balaban J connectivity index is 1.35. The Morgan fingerprint density at radius 3 is 2.22 bits per heavy atom. The van der Waals surface area contributed by atoms with E-state index in [-0.39, 0.29) is 28.7 Å². The van der Waals surface area contributed by atoms with Crippen molar-refractivity contribution in [2.45, 2.75) is 38.8 Å². The van der Waals surface area contributed by atoms with E-state index in [1.54, 1.807) is 13.2 Å². The summed E-state index contributed by atoms with van der Waals surface area (Å²) in [5, 5.41) is 19.5. The quantitative estimate of drug-likeness (QED) is 0.104. The van der Waals surface area contributed by atoms with Crippen LogP contribution < -0.4 is 24.9 Å². The average molecular weight is 646 g/mol. The van der Waals surface area contributed by atoms with E-state index < -0.39 is 21.9 Å². The molecule has 4 aromatic carbocycles. The minimum atomic E-state index is -3.90. The number of aromatic hydroxyl groups is 1. The highest BCUT2D eigenvalue weighted by atomic mass is 32.2. The van der Waals surface area contributed by atoms with Crippen molar-refractivity contribution in [3.05, 3.63) is 119 Å². The number of carbonyl (C=O) groups is 2. The van der Waals surface area contributed by atoms with Crippen LogP contribution >= 0.6 is 0 Å². The summed E-state index contributed by atoms with van der Waals surface area (Å²) >= 11 is 0. The van der Waals surface area contributed by atoms with Crippen molar-refractivity contribution >= 4 is 27.6 Å². The zero-order valence-electron chi connectivity index (χ0n) is 26.1. The lowest BCUT2D eigenvalue weighted by Crippen LogP contribution is -2.33. The molecule has 0 aliphatic rings. The molecule has 1 atom stereocenters. The van der Waals surface area contributed by atoms with Gasteiger partial charge in [-0.1, -0.05) is 48.5 Å². The van der Waals surface area contributed by atoms with Gasteiger partial charge in [-0.25, -0.2) is 0 Å². The topological polar surface area (TPSA) is 143 Å². The van der Waals surface area contributed by atoms with Crippen LogP contribution in [0.3, 0.4) is 0 Å². The SMILES string of the molecule is COc1cccc(CNc2ccc(CC[C@H](C)NC(=O)c3cc(OS(C)(=O)=O)cc(C(=O)NCCc4ccccc4)c3)cc2O)c1. The Labute approximate surface area is 269 Å². The molecular formula is C35H39N3O7S. The predicted octanol–water partition coefficient (Wildman–Crippen LogP) is 5.07. The molecule has 4 rings (SSSR count).